The molecule has 0 bridgehead atoms. The van der Waals surface area contributed by atoms with Gasteiger partial charge in [0.15, 0.2) is 0 Å². The minimum atomic E-state index is -0.976. The summed E-state index contributed by atoms with van der Waals surface area (Å²) >= 11 is 0. The van der Waals surface area contributed by atoms with Crippen molar-refractivity contribution in [2.24, 2.45) is 5.41 Å². The van der Waals surface area contributed by atoms with Crippen LogP contribution in [0.4, 0.5) is 8.78 Å². The molecular weight excluding hydrogens is 474 g/mol. The normalized spacial score (nSPS) is 13.4. The predicted octanol–water partition coefficient (Wildman–Crippen LogP) is 4.50. The van der Waals surface area contributed by atoms with Gasteiger partial charge in [-0.25, -0.2) is 13.8 Å². The van der Waals surface area contributed by atoms with Crippen molar-refractivity contribution in [1.82, 2.24) is 20.2 Å². The van der Waals surface area contributed by atoms with E-state index in [1.54, 1.807) is 6.33 Å². The molecule has 0 saturated heterocycles. The second kappa shape index (κ2) is 12.4. The Morgan fingerprint density at radius 3 is 2.43 bits per heavy atom. The van der Waals surface area contributed by atoms with E-state index in [0.717, 1.165) is 35.9 Å². The van der Waals surface area contributed by atoms with Gasteiger partial charge in [0.2, 0.25) is 5.91 Å². The fourth-order valence-corrected chi connectivity index (χ4v) is 4.56. The Morgan fingerprint density at radius 2 is 1.81 bits per heavy atom. The number of hydrogen-bond acceptors (Lipinski definition) is 4. The van der Waals surface area contributed by atoms with Crippen LogP contribution in [0.3, 0.4) is 0 Å². The fraction of sp³-hybridized carbons (Fsp3) is 0.448. The van der Waals surface area contributed by atoms with Crippen LogP contribution in [0.1, 0.15) is 57.0 Å². The van der Waals surface area contributed by atoms with Gasteiger partial charge in [-0.3, -0.25) is 4.79 Å². The molecule has 0 fully saturated rings. The highest BCUT2D eigenvalue weighted by Crippen LogP contribution is 2.25. The fourth-order valence-electron chi connectivity index (χ4n) is 4.56. The molecule has 3 rings (SSSR count). The van der Waals surface area contributed by atoms with Gasteiger partial charge in [-0.05, 0) is 59.6 Å². The van der Waals surface area contributed by atoms with Crippen molar-refractivity contribution >= 4 is 5.91 Å². The molecule has 0 aliphatic heterocycles. The number of hydrogen-bond donors (Lipinski definition) is 3. The molecule has 0 radical (unpaired) electrons. The molecule has 3 N–H and O–H groups in total. The lowest BCUT2D eigenvalue weighted by Crippen LogP contribution is -2.48. The summed E-state index contributed by atoms with van der Waals surface area (Å²) in [5.74, 6) is -1.72. The van der Waals surface area contributed by atoms with Gasteiger partial charge in [0.05, 0.1) is 24.2 Å². The largest absolute Gasteiger partial charge is 0.390 e. The van der Waals surface area contributed by atoms with E-state index in [2.05, 4.69) is 66.1 Å². The standard InChI is InChI=1S/C29H38F2N4O2/c1-6-25-16-33-18-35(25)27-8-7-20(14-29(3,4)5)9-22(27)15-32-17-28(37)26(34-19(2)36)12-21-10-23(30)13-24(31)11-21/h7-11,13,16,18,26,28,32,37H,6,12,14-15,17H2,1-5H3,(H,34,36). The molecule has 8 heteroatoms. The van der Waals surface area contributed by atoms with E-state index in [-0.39, 0.29) is 24.3 Å². The molecule has 6 nitrogen and oxygen atoms in total. The Hall–Kier alpha value is -3.10. The zero-order valence-corrected chi connectivity index (χ0v) is 22.3. The van der Waals surface area contributed by atoms with Crippen LogP contribution >= 0.6 is 0 Å². The van der Waals surface area contributed by atoms with Crippen LogP contribution in [0.2, 0.25) is 0 Å². The van der Waals surface area contributed by atoms with E-state index in [0.29, 0.717) is 12.1 Å². The van der Waals surface area contributed by atoms with Crippen LogP contribution in [0.25, 0.3) is 5.69 Å². The average molecular weight is 513 g/mol. The Labute approximate surface area is 218 Å². The third-order valence-electron chi connectivity index (χ3n) is 6.12. The first kappa shape index (κ1) is 28.5. The number of carbonyl (C=O) groups excluding carboxylic acids is 1. The van der Waals surface area contributed by atoms with Crippen molar-refractivity contribution in [1.29, 1.82) is 0 Å². The Morgan fingerprint density at radius 1 is 1.11 bits per heavy atom. The van der Waals surface area contributed by atoms with Crippen molar-refractivity contribution in [3.8, 4) is 5.69 Å². The minimum absolute atomic E-state index is 0.0956. The van der Waals surface area contributed by atoms with Crippen molar-refractivity contribution in [2.45, 2.75) is 72.6 Å². The lowest BCUT2D eigenvalue weighted by Gasteiger charge is -2.25. The van der Waals surface area contributed by atoms with Gasteiger partial charge >= 0.3 is 0 Å². The molecule has 1 heterocycles. The molecule has 0 aliphatic rings. The molecule has 0 saturated carbocycles. The van der Waals surface area contributed by atoms with Crippen molar-refractivity contribution in [2.75, 3.05) is 6.54 Å². The number of aliphatic hydroxyl groups is 1. The number of aromatic nitrogens is 2. The maximum absolute atomic E-state index is 13.7. The quantitative estimate of drug-likeness (QED) is 0.354. The van der Waals surface area contributed by atoms with Gasteiger partial charge in [-0.2, -0.15) is 0 Å². The van der Waals surface area contributed by atoms with E-state index >= 15 is 0 Å². The highest BCUT2D eigenvalue weighted by molar-refractivity contribution is 5.73. The zero-order valence-electron chi connectivity index (χ0n) is 22.3. The van der Waals surface area contributed by atoms with Gasteiger partial charge in [0.1, 0.15) is 11.6 Å². The first-order valence-electron chi connectivity index (χ1n) is 12.7. The Kier molecular flexibility index (Phi) is 9.56. The first-order chi connectivity index (χ1) is 17.4. The van der Waals surface area contributed by atoms with E-state index in [4.69, 9.17) is 0 Å². The zero-order chi connectivity index (χ0) is 27.2. The number of amides is 1. The molecule has 1 aromatic heterocycles. The highest BCUT2D eigenvalue weighted by atomic mass is 19.1. The van der Waals surface area contributed by atoms with Crippen LogP contribution in [-0.4, -0.2) is 39.3 Å². The van der Waals surface area contributed by atoms with E-state index < -0.39 is 23.8 Å². The Bertz CT molecular complexity index is 1180. The summed E-state index contributed by atoms with van der Waals surface area (Å²) in [7, 11) is 0. The molecule has 2 atom stereocenters. The number of nitrogens with zero attached hydrogens (tertiary/aromatic N) is 2. The van der Waals surface area contributed by atoms with Gasteiger partial charge in [-0.15, -0.1) is 0 Å². The summed E-state index contributed by atoms with van der Waals surface area (Å²) in [4.78, 5) is 16.1. The number of imidazole rings is 1. The minimum Gasteiger partial charge on any atom is -0.390 e. The second-order valence-corrected chi connectivity index (χ2v) is 10.8. The van der Waals surface area contributed by atoms with Gasteiger partial charge in [-0.1, -0.05) is 39.8 Å². The molecular formula is C29H38F2N4O2. The summed E-state index contributed by atoms with van der Waals surface area (Å²) in [6.45, 7) is 10.7. The molecule has 200 valence electrons. The lowest BCUT2D eigenvalue weighted by atomic mass is 9.87. The molecule has 2 unspecified atom stereocenters. The number of nitrogens with one attached hydrogen (secondary N) is 2. The number of aryl methyl sites for hydroxylation is 1. The monoisotopic (exact) mass is 512 g/mol. The summed E-state index contributed by atoms with van der Waals surface area (Å²) in [5.41, 5.74) is 4.88. The van der Waals surface area contributed by atoms with Gasteiger partial charge < -0.3 is 20.3 Å². The smallest absolute Gasteiger partial charge is 0.217 e. The second-order valence-electron chi connectivity index (χ2n) is 10.8. The molecule has 1 amide bonds. The molecule has 37 heavy (non-hydrogen) atoms. The summed E-state index contributed by atoms with van der Waals surface area (Å²) in [5, 5.41) is 16.9. The van der Waals surface area contributed by atoms with E-state index in [9.17, 15) is 18.7 Å². The predicted molar refractivity (Wildman–Crippen MR) is 141 cm³/mol. The van der Waals surface area contributed by atoms with E-state index in [1.165, 1.54) is 24.6 Å². The first-order valence-corrected chi connectivity index (χ1v) is 12.7. The van der Waals surface area contributed by atoms with Crippen LogP contribution < -0.4 is 10.6 Å². The number of rotatable bonds is 11. The van der Waals surface area contributed by atoms with Crippen LogP contribution in [0.15, 0.2) is 48.9 Å². The molecule has 3 aromatic rings. The van der Waals surface area contributed by atoms with Crippen LogP contribution in [-0.2, 0) is 30.6 Å². The SMILES string of the molecule is CCc1cncn1-c1ccc(CC(C)(C)C)cc1CNCC(O)C(Cc1cc(F)cc(F)c1)NC(C)=O. The maximum atomic E-state index is 13.7. The topological polar surface area (TPSA) is 79.2 Å². The van der Waals surface area contributed by atoms with Gasteiger partial charge in [0, 0.05) is 38.0 Å². The summed E-state index contributed by atoms with van der Waals surface area (Å²) < 4.78 is 29.4. The third kappa shape index (κ3) is 8.47. The number of carbonyl (C=O) groups is 1. The van der Waals surface area contributed by atoms with Crippen LogP contribution in [0, 0.1) is 17.0 Å². The average Bonchev–Trinajstić information content (AvgIpc) is 3.25. The summed E-state index contributed by atoms with van der Waals surface area (Å²) in [6, 6.07) is 8.93. The highest BCUT2D eigenvalue weighted by Gasteiger charge is 2.22. The number of benzene rings is 2. The maximum Gasteiger partial charge on any atom is 0.217 e. The third-order valence-corrected chi connectivity index (χ3v) is 6.12. The lowest BCUT2D eigenvalue weighted by molar-refractivity contribution is -0.120. The number of halogens is 2. The summed E-state index contributed by atoms with van der Waals surface area (Å²) in [6.07, 6.45) is 4.54. The van der Waals surface area contributed by atoms with E-state index in [1.807, 2.05) is 6.20 Å². The van der Waals surface area contributed by atoms with Crippen molar-refractivity contribution in [3.63, 3.8) is 0 Å². The van der Waals surface area contributed by atoms with Crippen molar-refractivity contribution in [3.05, 3.63) is 82.9 Å². The molecule has 0 aliphatic carbocycles. The molecule has 0 spiro atoms. The van der Waals surface area contributed by atoms with Gasteiger partial charge in [0.25, 0.3) is 0 Å². The number of aliphatic hydroxyl groups excluding tert-OH is 1. The van der Waals surface area contributed by atoms with Crippen molar-refractivity contribution < 1.29 is 18.7 Å². The Balaban J connectivity index is 1.77. The molecule has 2 aromatic carbocycles. The van der Waals surface area contributed by atoms with Crippen LogP contribution in [0.5, 0.6) is 0 Å².